The van der Waals surface area contributed by atoms with Gasteiger partial charge in [-0.1, -0.05) is 30.3 Å². The Labute approximate surface area is 195 Å². The molecule has 33 heavy (non-hydrogen) atoms. The highest BCUT2D eigenvalue weighted by Gasteiger charge is 2.25. The van der Waals surface area contributed by atoms with Crippen molar-refractivity contribution in [1.82, 2.24) is 10.6 Å². The topological polar surface area (TPSA) is 148 Å². The van der Waals surface area contributed by atoms with E-state index in [0.717, 1.165) is 31.2 Å². The highest BCUT2D eigenvalue weighted by Crippen LogP contribution is 2.09. The van der Waals surface area contributed by atoms with Crippen molar-refractivity contribution >= 4 is 27.9 Å². The zero-order valence-corrected chi connectivity index (χ0v) is 20.3. The molecule has 0 spiro atoms. The van der Waals surface area contributed by atoms with E-state index in [2.05, 4.69) is 10.6 Å². The molecule has 0 aliphatic carbocycles. The van der Waals surface area contributed by atoms with E-state index in [1.54, 1.807) is 20.8 Å². The van der Waals surface area contributed by atoms with Crippen LogP contribution in [0.5, 0.6) is 0 Å². The minimum absolute atomic E-state index is 0.0892. The number of rotatable bonds is 8. The van der Waals surface area contributed by atoms with Gasteiger partial charge in [0, 0.05) is 6.26 Å². The van der Waals surface area contributed by atoms with E-state index in [0.29, 0.717) is 6.61 Å². The third-order valence-electron chi connectivity index (χ3n) is 4.34. The fourth-order valence-electron chi connectivity index (χ4n) is 2.75. The zero-order valence-electron chi connectivity index (χ0n) is 19.5. The molecular formula is C22H34N2O8S. The van der Waals surface area contributed by atoms with Crippen LogP contribution in [0.25, 0.3) is 0 Å². The Morgan fingerprint density at radius 2 is 1.85 bits per heavy atom. The second-order valence-electron chi connectivity index (χ2n) is 8.70. The van der Waals surface area contributed by atoms with Crippen molar-refractivity contribution in [3.05, 3.63) is 35.9 Å². The summed E-state index contributed by atoms with van der Waals surface area (Å²) in [7, 11) is -3.28. The summed E-state index contributed by atoms with van der Waals surface area (Å²) in [6.07, 6.45) is 1.87. The molecular weight excluding hydrogens is 452 g/mol. The van der Waals surface area contributed by atoms with Gasteiger partial charge in [0.05, 0.1) is 5.75 Å². The number of esters is 1. The van der Waals surface area contributed by atoms with Crippen LogP contribution in [0.4, 0.5) is 4.79 Å². The molecule has 1 aromatic carbocycles. The van der Waals surface area contributed by atoms with E-state index in [1.807, 2.05) is 30.3 Å². The molecule has 10 nitrogen and oxygen atoms in total. The minimum Gasteiger partial charge on any atom is -0.480 e. The Balaban J connectivity index is 0.000000334. The van der Waals surface area contributed by atoms with Crippen molar-refractivity contribution in [2.45, 2.75) is 64.3 Å². The highest BCUT2D eigenvalue weighted by atomic mass is 32.2. The third kappa shape index (κ3) is 13.5. The molecule has 186 valence electrons. The van der Waals surface area contributed by atoms with Crippen LogP contribution < -0.4 is 10.6 Å². The van der Waals surface area contributed by atoms with Gasteiger partial charge in [0.25, 0.3) is 0 Å². The monoisotopic (exact) mass is 486 g/mol. The van der Waals surface area contributed by atoms with Gasteiger partial charge in [-0.3, -0.25) is 4.79 Å². The summed E-state index contributed by atoms with van der Waals surface area (Å²) < 4.78 is 32.0. The average Bonchev–Trinajstić information content (AvgIpc) is 3.23. The molecule has 0 radical (unpaired) electrons. The molecule has 0 saturated carbocycles. The molecule has 0 aromatic heterocycles. The van der Waals surface area contributed by atoms with E-state index in [-0.39, 0.29) is 24.2 Å². The summed E-state index contributed by atoms with van der Waals surface area (Å²) in [6, 6.07) is 8.37. The molecule has 2 rings (SSSR count). The minimum atomic E-state index is -3.28. The van der Waals surface area contributed by atoms with Gasteiger partial charge in [-0.2, -0.15) is 0 Å². The lowest BCUT2D eigenvalue weighted by atomic mass is 10.2. The van der Waals surface area contributed by atoms with E-state index < -0.39 is 33.5 Å². The summed E-state index contributed by atoms with van der Waals surface area (Å²) in [6.45, 7) is 6.21. The molecule has 1 fully saturated rings. The fraction of sp³-hybridized carbons (Fsp3) is 0.591. The lowest BCUT2D eigenvalue weighted by Crippen LogP contribution is -2.44. The molecule has 1 aromatic rings. The van der Waals surface area contributed by atoms with Crippen LogP contribution in [0.2, 0.25) is 0 Å². The van der Waals surface area contributed by atoms with Gasteiger partial charge in [-0.25, -0.2) is 18.0 Å². The zero-order chi connectivity index (χ0) is 25.1. The van der Waals surface area contributed by atoms with Crippen LogP contribution in [0.3, 0.4) is 0 Å². The maximum atomic E-state index is 11.5. The lowest BCUT2D eigenvalue weighted by Gasteiger charge is -2.21. The van der Waals surface area contributed by atoms with E-state index in [4.69, 9.17) is 14.6 Å². The van der Waals surface area contributed by atoms with Gasteiger partial charge in [0.2, 0.25) is 0 Å². The maximum absolute atomic E-state index is 11.5. The first-order valence-electron chi connectivity index (χ1n) is 10.6. The molecule has 1 aliphatic rings. The van der Waals surface area contributed by atoms with Gasteiger partial charge in [0.15, 0.2) is 0 Å². The summed E-state index contributed by atoms with van der Waals surface area (Å²) in [4.78, 5) is 33.7. The van der Waals surface area contributed by atoms with Gasteiger partial charge in [-0.15, -0.1) is 0 Å². The van der Waals surface area contributed by atoms with Gasteiger partial charge in [0.1, 0.15) is 34.1 Å². The lowest BCUT2D eigenvalue weighted by molar-refractivity contribution is -0.147. The third-order valence-corrected chi connectivity index (χ3v) is 5.31. The number of amides is 1. The van der Waals surface area contributed by atoms with Crippen LogP contribution in [0.15, 0.2) is 30.3 Å². The number of alkyl carbamates (subject to hydrolysis) is 1. The summed E-state index contributed by atoms with van der Waals surface area (Å²) in [5, 5.41) is 14.1. The normalized spacial score (nSPS) is 16.7. The summed E-state index contributed by atoms with van der Waals surface area (Å²) in [5.41, 5.74) is 0.285. The van der Waals surface area contributed by atoms with Crippen molar-refractivity contribution in [1.29, 1.82) is 0 Å². The molecule has 2 atom stereocenters. The van der Waals surface area contributed by atoms with E-state index in [1.165, 1.54) is 0 Å². The van der Waals surface area contributed by atoms with Crippen molar-refractivity contribution in [2.75, 3.05) is 18.6 Å². The number of carbonyl (C=O) groups is 3. The molecule has 1 saturated heterocycles. The van der Waals surface area contributed by atoms with E-state index in [9.17, 15) is 22.8 Å². The number of carboxylic acids is 1. The van der Waals surface area contributed by atoms with Crippen molar-refractivity contribution in [2.24, 2.45) is 0 Å². The smallest absolute Gasteiger partial charge is 0.408 e. The quantitative estimate of drug-likeness (QED) is 0.468. The number of carboxylic acid groups (broad SMARTS) is 1. The van der Waals surface area contributed by atoms with Gasteiger partial charge in [-0.05, 0) is 52.1 Å². The number of benzene rings is 1. The first-order chi connectivity index (χ1) is 15.3. The second kappa shape index (κ2) is 13.1. The Morgan fingerprint density at radius 3 is 2.33 bits per heavy atom. The number of hydrogen-bond donors (Lipinski definition) is 3. The van der Waals surface area contributed by atoms with Crippen molar-refractivity contribution in [3.8, 4) is 0 Å². The second-order valence-corrected chi connectivity index (χ2v) is 11.0. The number of ether oxygens (including phenoxy) is 2. The van der Waals surface area contributed by atoms with Crippen LogP contribution in [0, 0.1) is 0 Å². The van der Waals surface area contributed by atoms with Crippen molar-refractivity contribution in [3.63, 3.8) is 0 Å². The molecule has 1 aliphatic heterocycles. The Hall–Kier alpha value is -2.66. The first kappa shape index (κ1) is 28.4. The SMILES string of the molecule is CC(C)(C)OC(=O)N[C@@H](CCS(C)(=O)=O)C(=O)O.O=C(OCc1ccccc1)[C@@H]1CCCN1. The number of nitrogens with one attached hydrogen (secondary N) is 2. The van der Waals surface area contributed by atoms with Gasteiger partial charge < -0.3 is 25.2 Å². The van der Waals surface area contributed by atoms with Crippen LogP contribution in [-0.4, -0.2) is 67.8 Å². The highest BCUT2D eigenvalue weighted by molar-refractivity contribution is 7.90. The van der Waals surface area contributed by atoms with Gasteiger partial charge >= 0.3 is 18.0 Å². The number of carbonyl (C=O) groups excluding carboxylic acids is 2. The number of hydrogen-bond acceptors (Lipinski definition) is 8. The summed E-state index contributed by atoms with van der Waals surface area (Å²) >= 11 is 0. The maximum Gasteiger partial charge on any atom is 0.408 e. The van der Waals surface area contributed by atoms with Crippen LogP contribution in [-0.2, 0) is 35.5 Å². The fourth-order valence-corrected chi connectivity index (χ4v) is 3.42. The standard InChI is InChI=1S/C12H15NO2.C10H19NO6S/c14-12(11-7-4-8-13-11)15-9-10-5-2-1-3-6-10;1-10(2,3)17-9(14)11-7(8(12)13)5-6-18(4,15)16/h1-3,5-6,11,13H,4,7-9H2;7H,5-6H2,1-4H3,(H,11,14)(H,12,13)/t11-;7-/m00/s1. The molecule has 0 unspecified atom stereocenters. The Bertz CT molecular complexity index is 875. The van der Waals surface area contributed by atoms with Crippen LogP contribution in [0.1, 0.15) is 45.6 Å². The molecule has 3 N–H and O–H groups in total. The number of sulfone groups is 1. The molecule has 1 heterocycles. The largest absolute Gasteiger partial charge is 0.480 e. The molecule has 1 amide bonds. The molecule has 0 bridgehead atoms. The first-order valence-corrected chi connectivity index (χ1v) is 12.7. The Morgan fingerprint density at radius 1 is 1.21 bits per heavy atom. The van der Waals surface area contributed by atoms with Crippen LogP contribution >= 0.6 is 0 Å². The van der Waals surface area contributed by atoms with Crippen molar-refractivity contribution < 1.29 is 37.4 Å². The Kier molecular flexibility index (Phi) is 11.3. The molecule has 11 heteroatoms. The number of aliphatic carboxylic acids is 1. The predicted octanol–water partition coefficient (Wildman–Crippen LogP) is 1.88. The van der Waals surface area contributed by atoms with E-state index >= 15 is 0 Å². The summed E-state index contributed by atoms with van der Waals surface area (Å²) in [5.74, 6) is -1.75. The average molecular weight is 487 g/mol. The predicted molar refractivity (Wildman–Crippen MR) is 122 cm³/mol.